The number of hydrogen-bond donors (Lipinski definition) is 1. The van der Waals surface area contributed by atoms with Gasteiger partial charge in [0.2, 0.25) is 15.9 Å². The highest BCUT2D eigenvalue weighted by Crippen LogP contribution is 2.24. The van der Waals surface area contributed by atoms with Gasteiger partial charge < -0.3 is 19.7 Å². The first kappa shape index (κ1) is 21.9. The molecule has 1 N–H and O–H groups in total. The Morgan fingerprint density at radius 3 is 2.50 bits per heavy atom. The van der Waals surface area contributed by atoms with Gasteiger partial charge in [-0.25, -0.2) is 8.42 Å². The van der Waals surface area contributed by atoms with Crippen LogP contribution in [0.5, 0.6) is 5.75 Å². The predicted molar refractivity (Wildman–Crippen MR) is 118 cm³/mol. The highest BCUT2D eigenvalue weighted by molar-refractivity contribution is 7.92. The summed E-state index contributed by atoms with van der Waals surface area (Å²) in [5.41, 5.74) is 2.04. The van der Waals surface area contributed by atoms with E-state index in [-0.39, 0.29) is 6.54 Å². The molecule has 1 amide bonds. The number of amides is 1. The predicted octanol–water partition coefficient (Wildman–Crippen LogP) is 2.33. The largest absolute Gasteiger partial charge is 0.494 e. The monoisotopic (exact) mass is 433 g/mol. The summed E-state index contributed by atoms with van der Waals surface area (Å²) in [6.45, 7) is 5.03. The molecule has 2 aromatic carbocycles. The van der Waals surface area contributed by atoms with E-state index in [4.69, 9.17) is 9.47 Å². The molecule has 2 aromatic rings. The van der Waals surface area contributed by atoms with Gasteiger partial charge >= 0.3 is 0 Å². The van der Waals surface area contributed by atoms with Gasteiger partial charge in [-0.15, -0.1) is 0 Å². The first-order valence-corrected chi connectivity index (χ1v) is 11.6. The zero-order valence-corrected chi connectivity index (χ0v) is 18.0. The number of nitrogens with one attached hydrogen (secondary N) is 1. The number of sulfonamides is 1. The second-order valence-electron chi connectivity index (χ2n) is 6.89. The van der Waals surface area contributed by atoms with Crippen molar-refractivity contribution in [2.24, 2.45) is 0 Å². The topological polar surface area (TPSA) is 88.2 Å². The molecular weight excluding hydrogens is 406 g/mol. The molecule has 1 aliphatic heterocycles. The van der Waals surface area contributed by atoms with E-state index in [1.807, 2.05) is 31.2 Å². The minimum absolute atomic E-state index is 0.334. The Kier molecular flexibility index (Phi) is 7.17. The SMILES string of the molecule is CCOc1cccc(N(CC(=O)Nc2ccc(N3CCOCC3)cc2)S(C)(=O)=O)c1. The van der Waals surface area contributed by atoms with E-state index >= 15 is 0 Å². The Labute approximate surface area is 177 Å². The summed E-state index contributed by atoms with van der Waals surface area (Å²) < 4.78 is 36.5. The molecule has 0 bridgehead atoms. The fourth-order valence-corrected chi connectivity index (χ4v) is 4.05. The molecule has 0 spiro atoms. The number of benzene rings is 2. The highest BCUT2D eigenvalue weighted by Gasteiger charge is 2.21. The third-order valence-electron chi connectivity index (χ3n) is 4.63. The van der Waals surface area contributed by atoms with Gasteiger partial charge in [0.15, 0.2) is 0 Å². The van der Waals surface area contributed by atoms with Gasteiger partial charge in [0, 0.05) is 30.5 Å². The molecule has 162 valence electrons. The molecule has 3 rings (SSSR count). The van der Waals surface area contributed by atoms with Crippen LogP contribution in [-0.4, -0.2) is 60.0 Å². The van der Waals surface area contributed by atoms with Gasteiger partial charge in [-0.1, -0.05) is 6.07 Å². The average molecular weight is 434 g/mol. The summed E-state index contributed by atoms with van der Waals surface area (Å²) in [7, 11) is -3.66. The van der Waals surface area contributed by atoms with Crippen LogP contribution >= 0.6 is 0 Å². The van der Waals surface area contributed by atoms with Gasteiger partial charge in [-0.2, -0.15) is 0 Å². The summed E-state index contributed by atoms with van der Waals surface area (Å²) in [4.78, 5) is 14.8. The zero-order chi connectivity index (χ0) is 21.6. The van der Waals surface area contributed by atoms with E-state index in [9.17, 15) is 13.2 Å². The summed E-state index contributed by atoms with van der Waals surface area (Å²) in [5, 5.41) is 2.76. The van der Waals surface area contributed by atoms with Crippen molar-refractivity contribution >= 4 is 33.0 Å². The van der Waals surface area contributed by atoms with Crippen molar-refractivity contribution < 1.29 is 22.7 Å². The molecule has 1 saturated heterocycles. The van der Waals surface area contributed by atoms with E-state index in [1.165, 1.54) is 0 Å². The maximum Gasteiger partial charge on any atom is 0.245 e. The minimum Gasteiger partial charge on any atom is -0.494 e. The maximum atomic E-state index is 12.6. The second-order valence-corrected chi connectivity index (χ2v) is 8.80. The van der Waals surface area contributed by atoms with Crippen molar-refractivity contribution in [1.29, 1.82) is 0 Å². The lowest BCUT2D eigenvalue weighted by Crippen LogP contribution is -2.37. The van der Waals surface area contributed by atoms with Crippen molar-refractivity contribution in [3.63, 3.8) is 0 Å². The van der Waals surface area contributed by atoms with Crippen molar-refractivity contribution in [1.82, 2.24) is 0 Å². The minimum atomic E-state index is -3.66. The number of nitrogens with zero attached hydrogens (tertiary/aromatic N) is 2. The Hall–Kier alpha value is -2.78. The van der Waals surface area contributed by atoms with Gasteiger partial charge in [-0.3, -0.25) is 9.10 Å². The molecule has 0 saturated carbocycles. The number of hydrogen-bond acceptors (Lipinski definition) is 6. The molecule has 9 heteroatoms. The maximum absolute atomic E-state index is 12.6. The van der Waals surface area contributed by atoms with Crippen LogP contribution in [-0.2, 0) is 19.6 Å². The fraction of sp³-hybridized carbons (Fsp3) is 0.381. The number of rotatable bonds is 8. The zero-order valence-electron chi connectivity index (χ0n) is 17.2. The number of morpholine rings is 1. The molecule has 1 fully saturated rings. The van der Waals surface area contributed by atoms with E-state index in [2.05, 4.69) is 10.2 Å². The second kappa shape index (κ2) is 9.82. The Bertz CT molecular complexity index is 957. The lowest BCUT2D eigenvalue weighted by molar-refractivity contribution is -0.114. The molecule has 8 nitrogen and oxygen atoms in total. The fourth-order valence-electron chi connectivity index (χ4n) is 3.20. The van der Waals surface area contributed by atoms with Crippen LogP contribution in [0.25, 0.3) is 0 Å². The Morgan fingerprint density at radius 1 is 1.17 bits per heavy atom. The molecular formula is C21H27N3O5S. The molecule has 0 atom stereocenters. The molecule has 0 aromatic heterocycles. The van der Waals surface area contributed by atoms with Crippen LogP contribution in [0.1, 0.15) is 6.92 Å². The number of anilines is 3. The van der Waals surface area contributed by atoms with E-state index in [1.54, 1.807) is 24.3 Å². The lowest BCUT2D eigenvalue weighted by Gasteiger charge is -2.29. The molecule has 0 aliphatic carbocycles. The van der Waals surface area contributed by atoms with Crippen LogP contribution < -0.4 is 19.3 Å². The normalized spacial score (nSPS) is 14.3. The third-order valence-corrected chi connectivity index (χ3v) is 5.77. The lowest BCUT2D eigenvalue weighted by atomic mass is 10.2. The molecule has 30 heavy (non-hydrogen) atoms. The van der Waals surface area contributed by atoms with Crippen LogP contribution in [0.4, 0.5) is 17.1 Å². The van der Waals surface area contributed by atoms with Crippen LogP contribution in [0.2, 0.25) is 0 Å². The van der Waals surface area contributed by atoms with E-state index in [0.717, 1.165) is 29.3 Å². The van der Waals surface area contributed by atoms with E-state index in [0.29, 0.717) is 36.9 Å². The van der Waals surface area contributed by atoms with Gasteiger partial charge in [0.1, 0.15) is 12.3 Å². The highest BCUT2D eigenvalue weighted by atomic mass is 32.2. The van der Waals surface area contributed by atoms with E-state index < -0.39 is 15.9 Å². The molecule has 1 heterocycles. The molecule has 0 unspecified atom stereocenters. The third kappa shape index (κ3) is 5.87. The van der Waals surface area contributed by atoms with Gasteiger partial charge in [-0.05, 0) is 43.3 Å². The Balaban J connectivity index is 1.68. The quantitative estimate of drug-likeness (QED) is 0.688. The number of ether oxygens (including phenoxy) is 2. The van der Waals surface area contributed by atoms with Crippen molar-refractivity contribution in [2.75, 3.05) is 60.2 Å². The Morgan fingerprint density at radius 2 is 1.87 bits per heavy atom. The first-order valence-electron chi connectivity index (χ1n) is 9.80. The number of carbonyl (C=O) groups excluding carboxylic acids is 1. The van der Waals surface area contributed by atoms with Gasteiger partial charge in [0.25, 0.3) is 0 Å². The van der Waals surface area contributed by atoms with Crippen LogP contribution in [0.15, 0.2) is 48.5 Å². The van der Waals surface area contributed by atoms with Crippen molar-refractivity contribution in [3.8, 4) is 5.75 Å². The number of carbonyl (C=O) groups is 1. The van der Waals surface area contributed by atoms with Crippen LogP contribution in [0.3, 0.4) is 0 Å². The smallest absolute Gasteiger partial charge is 0.245 e. The standard InChI is InChI=1S/C21H27N3O5S/c1-3-29-20-6-4-5-19(15-20)24(30(2,26)27)16-21(25)22-17-7-9-18(10-8-17)23-11-13-28-14-12-23/h4-10,15H,3,11-14,16H2,1-2H3,(H,22,25). The summed E-state index contributed by atoms with van der Waals surface area (Å²) in [6.07, 6.45) is 1.07. The summed E-state index contributed by atoms with van der Waals surface area (Å²) >= 11 is 0. The summed E-state index contributed by atoms with van der Waals surface area (Å²) in [5.74, 6) is 0.115. The molecule has 0 radical (unpaired) electrons. The van der Waals surface area contributed by atoms with Crippen molar-refractivity contribution in [2.45, 2.75) is 6.92 Å². The summed E-state index contributed by atoms with van der Waals surface area (Å²) in [6, 6.07) is 14.2. The van der Waals surface area contributed by atoms with Crippen molar-refractivity contribution in [3.05, 3.63) is 48.5 Å². The average Bonchev–Trinajstić information content (AvgIpc) is 2.73. The van der Waals surface area contributed by atoms with Gasteiger partial charge in [0.05, 0.1) is 31.8 Å². The van der Waals surface area contributed by atoms with Crippen LogP contribution in [0, 0.1) is 0 Å². The first-order chi connectivity index (χ1) is 14.4. The molecule has 1 aliphatic rings.